The molecule has 0 aliphatic rings. The SMILES string of the molecule is CCCCCCCCCCCCCCCCCC(CCCCCCCCCCCCCCCC)OC(=O)c1ccccc1. The molecule has 0 aliphatic heterocycles. The van der Waals surface area contributed by atoms with Crippen LogP contribution in [0.3, 0.4) is 0 Å². The van der Waals surface area contributed by atoms with E-state index in [1.54, 1.807) is 0 Å². The van der Waals surface area contributed by atoms with Crippen molar-refractivity contribution < 1.29 is 9.53 Å². The Morgan fingerprint density at radius 1 is 0.442 bits per heavy atom. The van der Waals surface area contributed by atoms with Crippen LogP contribution < -0.4 is 0 Å². The van der Waals surface area contributed by atoms with Crippen molar-refractivity contribution in [1.29, 1.82) is 0 Å². The van der Waals surface area contributed by atoms with Gasteiger partial charge in [0.05, 0.1) is 5.56 Å². The number of hydrogen-bond donors (Lipinski definition) is 0. The number of hydrogen-bond acceptors (Lipinski definition) is 2. The number of rotatable bonds is 33. The topological polar surface area (TPSA) is 26.3 Å². The molecule has 0 saturated carbocycles. The van der Waals surface area contributed by atoms with Crippen LogP contribution in [-0.4, -0.2) is 12.1 Å². The van der Waals surface area contributed by atoms with Crippen LogP contribution in [0.5, 0.6) is 0 Å². The summed E-state index contributed by atoms with van der Waals surface area (Å²) in [5.41, 5.74) is 0.685. The molecular weight excluding hydrogens is 524 g/mol. The summed E-state index contributed by atoms with van der Waals surface area (Å²) in [4.78, 5) is 12.7. The van der Waals surface area contributed by atoms with E-state index in [-0.39, 0.29) is 12.1 Å². The highest BCUT2D eigenvalue weighted by Crippen LogP contribution is 2.20. The molecule has 0 aliphatic carbocycles. The number of ether oxygens (including phenoxy) is 1. The van der Waals surface area contributed by atoms with Gasteiger partial charge in [-0.15, -0.1) is 0 Å². The predicted octanol–water partition coefficient (Wildman–Crippen LogP) is 14.3. The number of carbonyl (C=O) groups excluding carboxylic acids is 1. The maximum absolute atomic E-state index is 12.7. The lowest BCUT2D eigenvalue weighted by Crippen LogP contribution is -2.18. The Morgan fingerprint density at radius 3 is 1.02 bits per heavy atom. The number of unbranched alkanes of at least 4 members (excludes halogenated alkanes) is 27. The fourth-order valence-corrected chi connectivity index (χ4v) is 6.37. The standard InChI is InChI=1S/C41H74O2/c1-3-5-7-9-11-13-15-17-19-21-23-25-27-29-34-38-40(43-41(42)39-35-31-30-32-36-39)37-33-28-26-24-22-20-18-16-14-12-10-8-6-4-2/h30-32,35-36,40H,3-29,33-34,37-38H2,1-2H3. The summed E-state index contributed by atoms with van der Waals surface area (Å²) in [5.74, 6) is -0.142. The first-order chi connectivity index (χ1) is 21.3. The molecule has 250 valence electrons. The van der Waals surface area contributed by atoms with Crippen molar-refractivity contribution in [3.8, 4) is 0 Å². The zero-order valence-corrected chi connectivity index (χ0v) is 29.2. The molecule has 2 heteroatoms. The summed E-state index contributed by atoms with van der Waals surface area (Å²) in [6, 6.07) is 9.55. The largest absolute Gasteiger partial charge is 0.459 e. The molecule has 0 heterocycles. The van der Waals surface area contributed by atoms with Crippen molar-refractivity contribution in [2.45, 2.75) is 219 Å². The number of carbonyl (C=O) groups is 1. The van der Waals surface area contributed by atoms with Crippen molar-refractivity contribution >= 4 is 5.97 Å². The van der Waals surface area contributed by atoms with Crippen molar-refractivity contribution in [2.75, 3.05) is 0 Å². The smallest absolute Gasteiger partial charge is 0.338 e. The van der Waals surface area contributed by atoms with Gasteiger partial charge in [0.2, 0.25) is 0 Å². The summed E-state index contributed by atoms with van der Waals surface area (Å²) in [6.07, 6.45) is 42.2. The Balaban J connectivity index is 2.10. The van der Waals surface area contributed by atoms with E-state index in [9.17, 15) is 4.79 Å². The van der Waals surface area contributed by atoms with Crippen LogP contribution in [-0.2, 0) is 4.74 Å². The summed E-state index contributed by atoms with van der Waals surface area (Å²) >= 11 is 0. The Bertz CT molecular complexity index is 684. The Labute approximate surface area is 269 Å². The van der Waals surface area contributed by atoms with Gasteiger partial charge in [-0.3, -0.25) is 0 Å². The van der Waals surface area contributed by atoms with Crippen molar-refractivity contribution in [3.05, 3.63) is 35.9 Å². The normalized spacial score (nSPS) is 12.0. The maximum Gasteiger partial charge on any atom is 0.338 e. The Kier molecular flexibility index (Phi) is 29.6. The molecule has 43 heavy (non-hydrogen) atoms. The van der Waals surface area contributed by atoms with Gasteiger partial charge in [0.1, 0.15) is 6.10 Å². The first-order valence-corrected chi connectivity index (χ1v) is 19.5. The molecule has 1 unspecified atom stereocenters. The van der Waals surface area contributed by atoms with Gasteiger partial charge in [-0.2, -0.15) is 0 Å². The fraction of sp³-hybridized carbons (Fsp3) is 0.829. The van der Waals surface area contributed by atoms with E-state index in [0.717, 1.165) is 12.8 Å². The summed E-state index contributed by atoms with van der Waals surface area (Å²) in [5, 5.41) is 0. The van der Waals surface area contributed by atoms with Crippen LogP contribution in [0.2, 0.25) is 0 Å². The first kappa shape index (κ1) is 39.7. The number of esters is 1. The van der Waals surface area contributed by atoms with E-state index in [0.29, 0.717) is 5.56 Å². The molecule has 1 aromatic rings. The van der Waals surface area contributed by atoms with Crippen LogP contribution in [0.15, 0.2) is 30.3 Å². The van der Waals surface area contributed by atoms with E-state index in [1.165, 1.54) is 186 Å². The van der Waals surface area contributed by atoms with Crippen LogP contribution in [0, 0.1) is 0 Å². The van der Waals surface area contributed by atoms with Crippen LogP contribution >= 0.6 is 0 Å². The highest BCUT2D eigenvalue weighted by Gasteiger charge is 2.15. The van der Waals surface area contributed by atoms with E-state index in [4.69, 9.17) is 4.74 Å². The van der Waals surface area contributed by atoms with Gasteiger partial charge in [0, 0.05) is 0 Å². The molecule has 1 rings (SSSR count). The summed E-state index contributed by atoms with van der Waals surface area (Å²) < 4.78 is 6.03. The van der Waals surface area contributed by atoms with E-state index in [2.05, 4.69) is 13.8 Å². The predicted molar refractivity (Wildman–Crippen MR) is 190 cm³/mol. The zero-order chi connectivity index (χ0) is 30.9. The van der Waals surface area contributed by atoms with Gasteiger partial charge in [-0.1, -0.05) is 205 Å². The Morgan fingerprint density at radius 2 is 0.721 bits per heavy atom. The molecule has 1 aromatic carbocycles. The molecule has 1 atom stereocenters. The minimum atomic E-state index is -0.142. The average Bonchev–Trinajstić information content (AvgIpc) is 3.03. The third-order valence-electron chi connectivity index (χ3n) is 9.29. The molecule has 0 spiro atoms. The van der Waals surface area contributed by atoms with Gasteiger partial charge in [0.25, 0.3) is 0 Å². The van der Waals surface area contributed by atoms with Crippen molar-refractivity contribution in [3.63, 3.8) is 0 Å². The molecule has 0 amide bonds. The van der Waals surface area contributed by atoms with Crippen molar-refractivity contribution in [1.82, 2.24) is 0 Å². The lowest BCUT2D eigenvalue weighted by molar-refractivity contribution is 0.0249. The second kappa shape index (κ2) is 32.1. The fourth-order valence-electron chi connectivity index (χ4n) is 6.37. The van der Waals surface area contributed by atoms with Crippen LogP contribution in [0.1, 0.15) is 223 Å². The van der Waals surface area contributed by atoms with Gasteiger partial charge >= 0.3 is 5.97 Å². The quantitative estimate of drug-likeness (QED) is 0.0594. The molecule has 0 aromatic heterocycles. The summed E-state index contributed by atoms with van der Waals surface area (Å²) in [7, 11) is 0. The molecular formula is C41H74O2. The van der Waals surface area contributed by atoms with Gasteiger partial charge in [-0.05, 0) is 37.8 Å². The highest BCUT2D eigenvalue weighted by molar-refractivity contribution is 5.89. The van der Waals surface area contributed by atoms with Gasteiger partial charge < -0.3 is 4.74 Å². The Hall–Kier alpha value is -1.31. The first-order valence-electron chi connectivity index (χ1n) is 19.5. The van der Waals surface area contributed by atoms with Gasteiger partial charge in [0.15, 0.2) is 0 Å². The van der Waals surface area contributed by atoms with Crippen LogP contribution in [0.4, 0.5) is 0 Å². The second-order valence-electron chi connectivity index (χ2n) is 13.5. The second-order valence-corrected chi connectivity index (χ2v) is 13.5. The highest BCUT2D eigenvalue weighted by atomic mass is 16.5. The zero-order valence-electron chi connectivity index (χ0n) is 29.2. The lowest BCUT2D eigenvalue weighted by Gasteiger charge is -2.18. The molecule has 0 fully saturated rings. The van der Waals surface area contributed by atoms with Crippen molar-refractivity contribution in [2.24, 2.45) is 0 Å². The molecule has 0 N–H and O–H groups in total. The molecule has 0 saturated heterocycles. The minimum absolute atomic E-state index is 0.0759. The van der Waals surface area contributed by atoms with E-state index < -0.39 is 0 Å². The monoisotopic (exact) mass is 599 g/mol. The van der Waals surface area contributed by atoms with Gasteiger partial charge in [-0.25, -0.2) is 4.79 Å². The minimum Gasteiger partial charge on any atom is -0.459 e. The lowest BCUT2D eigenvalue weighted by atomic mass is 10.0. The molecule has 2 nitrogen and oxygen atoms in total. The maximum atomic E-state index is 12.7. The third-order valence-corrected chi connectivity index (χ3v) is 9.29. The van der Waals surface area contributed by atoms with Crippen LogP contribution in [0.25, 0.3) is 0 Å². The molecule has 0 radical (unpaired) electrons. The van der Waals surface area contributed by atoms with E-state index in [1.807, 2.05) is 30.3 Å². The molecule has 0 bridgehead atoms. The average molecular weight is 599 g/mol. The number of benzene rings is 1. The van der Waals surface area contributed by atoms with E-state index >= 15 is 0 Å². The third kappa shape index (κ3) is 26.8. The summed E-state index contributed by atoms with van der Waals surface area (Å²) in [6.45, 7) is 4.59.